The lowest BCUT2D eigenvalue weighted by molar-refractivity contribution is -0.128. The number of para-hydroxylation sites is 1. The largest absolute Gasteiger partial charge is 0.507 e. The Labute approximate surface area is 235 Å². The molecule has 0 saturated carbocycles. The molecule has 40 heavy (non-hydrogen) atoms. The molecule has 3 aromatic rings. The highest BCUT2D eigenvalue weighted by molar-refractivity contribution is 5.94. The van der Waals surface area contributed by atoms with E-state index in [1.165, 1.54) is 37.8 Å². The summed E-state index contributed by atoms with van der Waals surface area (Å²) in [6.45, 7) is 2.90. The van der Waals surface area contributed by atoms with E-state index in [0.717, 1.165) is 18.4 Å². The number of amides is 2. The van der Waals surface area contributed by atoms with Crippen molar-refractivity contribution in [3.05, 3.63) is 95.1 Å². The van der Waals surface area contributed by atoms with Gasteiger partial charge in [0.1, 0.15) is 17.1 Å². The predicted molar refractivity (Wildman–Crippen MR) is 154 cm³/mol. The van der Waals surface area contributed by atoms with E-state index in [2.05, 4.69) is 17.6 Å². The van der Waals surface area contributed by atoms with Gasteiger partial charge in [-0.1, -0.05) is 75.4 Å². The lowest BCUT2D eigenvalue weighted by Crippen LogP contribution is -2.39. The maximum absolute atomic E-state index is 13.1. The van der Waals surface area contributed by atoms with Crippen molar-refractivity contribution < 1.29 is 29.3 Å². The minimum Gasteiger partial charge on any atom is -0.507 e. The fourth-order valence-electron chi connectivity index (χ4n) is 4.23. The molecule has 0 aliphatic carbocycles. The number of phenols is 1. The summed E-state index contributed by atoms with van der Waals surface area (Å²) in [6.07, 6.45) is 6.36. The summed E-state index contributed by atoms with van der Waals surface area (Å²) >= 11 is 0. The van der Waals surface area contributed by atoms with Crippen LogP contribution in [0.5, 0.6) is 11.5 Å². The topological polar surface area (TPSA) is 125 Å². The van der Waals surface area contributed by atoms with Crippen LogP contribution in [0.4, 0.5) is 0 Å². The fourth-order valence-corrected chi connectivity index (χ4v) is 4.23. The number of rotatable bonds is 16. The molecule has 0 aromatic heterocycles. The van der Waals surface area contributed by atoms with Gasteiger partial charge < -0.3 is 25.6 Å². The number of unbranched alkanes of at least 4 members (excludes halogenated alkanes) is 5. The average molecular weight is 547 g/mol. The quantitative estimate of drug-likeness (QED) is 0.176. The Hall–Kier alpha value is -4.33. The number of aromatic carboxylic acids is 1. The van der Waals surface area contributed by atoms with Crippen LogP contribution in [0.25, 0.3) is 0 Å². The number of benzene rings is 3. The van der Waals surface area contributed by atoms with Crippen molar-refractivity contribution in [1.82, 2.24) is 10.6 Å². The molecular formula is C32H38N2O6. The van der Waals surface area contributed by atoms with Gasteiger partial charge in [0, 0.05) is 25.1 Å². The molecule has 1 unspecified atom stereocenters. The van der Waals surface area contributed by atoms with Gasteiger partial charge in [-0.2, -0.15) is 0 Å². The molecule has 1 atom stereocenters. The lowest BCUT2D eigenvalue weighted by Gasteiger charge is -2.19. The molecular weight excluding hydrogens is 508 g/mol. The van der Waals surface area contributed by atoms with Gasteiger partial charge in [-0.25, -0.2) is 4.79 Å². The third kappa shape index (κ3) is 9.76. The fraction of sp³-hybridized carbons (Fsp3) is 0.344. The summed E-state index contributed by atoms with van der Waals surface area (Å²) in [5, 5.41) is 24.7. The standard InChI is InChI=1S/C32H38N2O6/c1-2-3-4-5-6-10-19-33-30(36)25-16-13-23(14-17-25)21-29(40-26-11-8-7-9-12-26)31(37)34-22-24-15-18-28(35)27(20-24)32(38)39/h7-9,11-18,20,29,35H,2-6,10,19,21-22H2,1H3,(H,33,36)(H,34,37)(H,38,39). The third-order valence-corrected chi connectivity index (χ3v) is 6.53. The first-order valence-electron chi connectivity index (χ1n) is 13.8. The number of carbonyl (C=O) groups excluding carboxylic acids is 2. The molecule has 3 rings (SSSR count). The van der Waals surface area contributed by atoms with Crippen LogP contribution in [0.15, 0.2) is 72.8 Å². The van der Waals surface area contributed by atoms with E-state index < -0.39 is 12.1 Å². The van der Waals surface area contributed by atoms with Crippen LogP contribution < -0.4 is 15.4 Å². The van der Waals surface area contributed by atoms with Gasteiger partial charge in [0.25, 0.3) is 11.8 Å². The van der Waals surface area contributed by atoms with Crippen molar-refractivity contribution in [3.8, 4) is 11.5 Å². The van der Waals surface area contributed by atoms with E-state index in [-0.39, 0.29) is 36.1 Å². The van der Waals surface area contributed by atoms with Gasteiger partial charge in [0.05, 0.1) is 0 Å². The molecule has 3 aromatic carbocycles. The van der Waals surface area contributed by atoms with Gasteiger partial charge in [0.15, 0.2) is 6.10 Å². The summed E-state index contributed by atoms with van der Waals surface area (Å²) in [4.78, 5) is 37.0. The van der Waals surface area contributed by atoms with E-state index in [9.17, 15) is 24.6 Å². The van der Waals surface area contributed by atoms with Crippen molar-refractivity contribution >= 4 is 17.8 Å². The Balaban J connectivity index is 1.60. The molecule has 8 heteroatoms. The van der Waals surface area contributed by atoms with Gasteiger partial charge in [-0.05, 0) is 53.9 Å². The first kappa shape index (κ1) is 30.2. The molecule has 0 radical (unpaired) electrons. The summed E-state index contributed by atoms with van der Waals surface area (Å²) in [6, 6.07) is 20.3. The normalized spacial score (nSPS) is 11.4. The van der Waals surface area contributed by atoms with Gasteiger partial charge >= 0.3 is 5.97 Å². The van der Waals surface area contributed by atoms with E-state index in [1.807, 2.05) is 30.3 Å². The number of carboxylic acid groups (broad SMARTS) is 1. The maximum atomic E-state index is 13.1. The zero-order valence-electron chi connectivity index (χ0n) is 22.9. The Bertz CT molecular complexity index is 1240. The van der Waals surface area contributed by atoms with Crippen molar-refractivity contribution in [1.29, 1.82) is 0 Å². The summed E-state index contributed by atoms with van der Waals surface area (Å²) in [5.74, 6) is -1.56. The van der Waals surface area contributed by atoms with Crippen LogP contribution in [0.3, 0.4) is 0 Å². The van der Waals surface area contributed by atoms with Crippen molar-refractivity contribution in [2.75, 3.05) is 6.54 Å². The van der Waals surface area contributed by atoms with Crippen molar-refractivity contribution in [3.63, 3.8) is 0 Å². The molecule has 0 aliphatic rings. The molecule has 0 fully saturated rings. The Kier molecular flexibility index (Phi) is 12.0. The zero-order valence-corrected chi connectivity index (χ0v) is 22.9. The second-order valence-electron chi connectivity index (χ2n) is 9.72. The first-order valence-corrected chi connectivity index (χ1v) is 13.8. The van der Waals surface area contributed by atoms with Crippen LogP contribution in [-0.2, 0) is 17.8 Å². The predicted octanol–water partition coefficient (Wildman–Crippen LogP) is 5.49. The highest BCUT2D eigenvalue weighted by Crippen LogP contribution is 2.19. The van der Waals surface area contributed by atoms with Gasteiger partial charge in [0.2, 0.25) is 0 Å². The monoisotopic (exact) mass is 546 g/mol. The summed E-state index contributed by atoms with van der Waals surface area (Å²) in [5.41, 5.74) is 1.67. The number of carbonyl (C=O) groups is 3. The van der Waals surface area contributed by atoms with Crippen LogP contribution in [0.1, 0.15) is 77.3 Å². The minimum absolute atomic E-state index is 0.0613. The van der Waals surface area contributed by atoms with Gasteiger partial charge in [-0.3, -0.25) is 9.59 Å². The molecule has 0 spiro atoms. The van der Waals surface area contributed by atoms with Crippen LogP contribution >= 0.6 is 0 Å². The number of hydrogen-bond donors (Lipinski definition) is 4. The summed E-state index contributed by atoms with van der Waals surface area (Å²) < 4.78 is 6.00. The second kappa shape index (κ2) is 15.9. The number of aromatic hydroxyl groups is 1. The number of ether oxygens (including phenoxy) is 1. The maximum Gasteiger partial charge on any atom is 0.339 e. The van der Waals surface area contributed by atoms with Gasteiger partial charge in [-0.15, -0.1) is 0 Å². The van der Waals surface area contributed by atoms with Crippen LogP contribution in [0, 0.1) is 0 Å². The molecule has 0 saturated heterocycles. The van der Waals surface area contributed by atoms with Crippen LogP contribution in [-0.4, -0.2) is 40.6 Å². The smallest absolute Gasteiger partial charge is 0.339 e. The Morgan fingerprint density at radius 2 is 1.50 bits per heavy atom. The zero-order chi connectivity index (χ0) is 28.7. The minimum atomic E-state index is -1.25. The molecule has 0 aliphatic heterocycles. The number of carboxylic acids is 1. The molecule has 212 valence electrons. The third-order valence-electron chi connectivity index (χ3n) is 6.53. The lowest BCUT2D eigenvalue weighted by atomic mass is 10.0. The van der Waals surface area contributed by atoms with E-state index >= 15 is 0 Å². The van der Waals surface area contributed by atoms with E-state index in [4.69, 9.17) is 4.74 Å². The molecule has 8 nitrogen and oxygen atoms in total. The highest BCUT2D eigenvalue weighted by Gasteiger charge is 2.22. The van der Waals surface area contributed by atoms with E-state index in [1.54, 1.807) is 30.3 Å². The number of nitrogens with one attached hydrogen (secondary N) is 2. The van der Waals surface area contributed by atoms with Crippen molar-refractivity contribution in [2.45, 2.75) is 64.5 Å². The molecule has 4 N–H and O–H groups in total. The first-order chi connectivity index (χ1) is 19.4. The molecule has 0 heterocycles. The number of hydrogen-bond acceptors (Lipinski definition) is 5. The Morgan fingerprint density at radius 1 is 0.825 bits per heavy atom. The second-order valence-corrected chi connectivity index (χ2v) is 9.72. The van der Waals surface area contributed by atoms with Crippen molar-refractivity contribution in [2.24, 2.45) is 0 Å². The summed E-state index contributed by atoms with van der Waals surface area (Å²) in [7, 11) is 0. The SMILES string of the molecule is CCCCCCCCNC(=O)c1ccc(CC(Oc2ccccc2)C(=O)NCc2ccc(O)c(C(=O)O)c2)cc1. The molecule has 0 bridgehead atoms. The van der Waals surface area contributed by atoms with E-state index in [0.29, 0.717) is 23.4 Å². The Morgan fingerprint density at radius 3 is 2.20 bits per heavy atom. The van der Waals surface area contributed by atoms with Crippen LogP contribution in [0.2, 0.25) is 0 Å². The average Bonchev–Trinajstić information content (AvgIpc) is 2.96. The highest BCUT2D eigenvalue weighted by atomic mass is 16.5. The molecule has 2 amide bonds.